The molecule has 0 spiro atoms. The third-order valence-electron chi connectivity index (χ3n) is 3.83. The van der Waals surface area contributed by atoms with Crippen LogP contribution < -0.4 is 10.1 Å². The van der Waals surface area contributed by atoms with E-state index in [1.807, 2.05) is 32.9 Å². The summed E-state index contributed by atoms with van der Waals surface area (Å²) in [4.78, 5) is 13.8. The maximum Gasteiger partial charge on any atom is 0.321 e. The smallest absolute Gasteiger partial charge is 0.321 e. The lowest BCUT2D eigenvalue weighted by Crippen LogP contribution is -2.34. The normalized spacial score (nSPS) is 18.3. The molecule has 23 heavy (non-hydrogen) atoms. The molecule has 1 aliphatic rings. The Bertz CT molecular complexity index is 685. The number of anilines is 1. The highest BCUT2D eigenvalue weighted by molar-refractivity contribution is 7.91. The lowest BCUT2D eigenvalue weighted by Gasteiger charge is -2.18. The number of aryl methyl sites for hydroxylation is 1. The van der Waals surface area contributed by atoms with Gasteiger partial charge in [-0.05, 0) is 51.0 Å². The molecule has 2 rings (SSSR count). The maximum absolute atomic E-state index is 12.2. The molecule has 2 amide bonds. The van der Waals surface area contributed by atoms with Crippen LogP contribution in [0.15, 0.2) is 18.2 Å². The molecule has 0 aromatic heterocycles. The van der Waals surface area contributed by atoms with Gasteiger partial charge >= 0.3 is 6.03 Å². The second-order valence-corrected chi connectivity index (χ2v) is 8.59. The van der Waals surface area contributed by atoms with Crippen molar-refractivity contribution < 1.29 is 17.9 Å². The summed E-state index contributed by atoms with van der Waals surface area (Å²) in [6, 6.07) is 5.19. The third kappa shape index (κ3) is 4.60. The zero-order valence-corrected chi connectivity index (χ0v) is 14.8. The van der Waals surface area contributed by atoms with Gasteiger partial charge in [0.15, 0.2) is 9.84 Å². The van der Waals surface area contributed by atoms with Crippen molar-refractivity contribution in [2.75, 3.05) is 24.7 Å². The van der Waals surface area contributed by atoms with Crippen LogP contribution in [0.4, 0.5) is 10.5 Å². The van der Waals surface area contributed by atoms with Crippen LogP contribution in [0.1, 0.15) is 25.8 Å². The van der Waals surface area contributed by atoms with Crippen molar-refractivity contribution in [2.45, 2.75) is 38.5 Å². The summed E-state index contributed by atoms with van der Waals surface area (Å²) in [5, 5.41) is 2.35. The molecule has 6 nitrogen and oxygen atoms in total. The summed E-state index contributed by atoms with van der Waals surface area (Å²) in [5.41, 5.74) is 1.61. The van der Waals surface area contributed by atoms with Gasteiger partial charge in [-0.25, -0.2) is 13.2 Å². The van der Waals surface area contributed by atoms with Gasteiger partial charge in [0.1, 0.15) is 5.75 Å². The molecule has 1 aromatic carbocycles. The van der Waals surface area contributed by atoms with E-state index in [1.165, 1.54) is 6.26 Å². The van der Waals surface area contributed by atoms with E-state index in [-0.39, 0.29) is 18.7 Å². The number of sulfone groups is 1. The lowest BCUT2D eigenvalue weighted by atomic mass is 10.2. The Morgan fingerprint density at radius 2 is 2.09 bits per heavy atom. The monoisotopic (exact) mass is 340 g/mol. The molecule has 0 saturated carbocycles. The van der Waals surface area contributed by atoms with E-state index in [0.29, 0.717) is 18.7 Å². The number of carbonyl (C=O) groups is 1. The van der Waals surface area contributed by atoms with Crippen LogP contribution >= 0.6 is 0 Å². The zero-order chi connectivity index (χ0) is 17.2. The Balaban J connectivity index is 2.00. The quantitative estimate of drug-likeness (QED) is 0.913. The number of rotatable bonds is 4. The minimum atomic E-state index is -3.10. The highest BCUT2D eigenvalue weighted by Crippen LogP contribution is 2.24. The second kappa shape index (κ2) is 6.78. The van der Waals surface area contributed by atoms with Crippen LogP contribution in [0.3, 0.4) is 0 Å². The predicted molar refractivity (Wildman–Crippen MR) is 90.8 cm³/mol. The molecule has 0 aliphatic carbocycles. The molecule has 1 N–H and O–H groups in total. The fourth-order valence-corrected chi connectivity index (χ4v) is 3.56. The van der Waals surface area contributed by atoms with Crippen LogP contribution in [0.25, 0.3) is 0 Å². The Labute approximate surface area is 137 Å². The van der Waals surface area contributed by atoms with Crippen LogP contribution in [-0.2, 0) is 9.84 Å². The second-order valence-electron chi connectivity index (χ2n) is 6.26. The number of urea groups is 1. The third-order valence-corrected chi connectivity index (χ3v) is 5.42. The highest BCUT2D eigenvalue weighted by Gasteiger charge is 2.32. The SMILES string of the molecule is Cc1cc(NC(=O)N2CC[C@@H](S(C)(=O)=O)C2)ccc1OC(C)C. The summed E-state index contributed by atoms with van der Waals surface area (Å²) in [6.45, 7) is 6.54. The van der Waals surface area contributed by atoms with E-state index < -0.39 is 15.1 Å². The molecular formula is C16H24N2O4S. The summed E-state index contributed by atoms with van der Waals surface area (Å²) < 4.78 is 28.8. The Kier molecular flexibility index (Phi) is 5.19. The largest absolute Gasteiger partial charge is 0.491 e. The molecule has 1 aliphatic heterocycles. The molecular weight excluding hydrogens is 316 g/mol. The Morgan fingerprint density at radius 1 is 1.39 bits per heavy atom. The Morgan fingerprint density at radius 3 is 2.61 bits per heavy atom. The maximum atomic E-state index is 12.2. The first-order chi connectivity index (χ1) is 10.7. The van der Waals surface area contributed by atoms with Gasteiger partial charge in [-0.2, -0.15) is 0 Å². The van der Waals surface area contributed by atoms with Crippen LogP contribution in [0.2, 0.25) is 0 Å². The number of benzene rings is 1. The van der Waals surface area contributed by atoms with Gasteiger partial charge in [-0.15, -0.1) is 0 Å². The van der Waals surface area contributed by atoms with Crippen molar-refractivity contribution in [3.05, 3.63) is 23.8 Å². The van der Waals surface area contributed by atoms with E-state index in [1.54, 1.807) is 11.0 Å². The van der Waals surface area contributed by atoms with Crippen molar-refractivity contribution in [1.29, 1.82) is 0 Å². The number of hydrogen-bond acceptors (Lipinski definition) is 4. The van der Waals surface area contributed by atoms with E-state index in [2.05, 4.69) is 5.32 Å². The van der Waals surface area contributed by atoms with Crippen molar-refractivity contribution in [3.8, 4) is 5.75 Å². The molecule has 1 fully saturated rings. The van der Waals surface area contributed by atoms with Gasteiger partial charge in [0.25, 0.3) is 0 Å². The molecule has 7 heteroatoms. The number of nitrogens with one attached hydrogen (secondary N) is 1. The number of likely N-dealkylation sites (tertiary alicyclic amines) is 1. The van der Waals surface area contributed by atoms with Crippen molar-refractivity contribution in [1.82, 2.24) is 4.90 Å². The van der Waals surface area contributed by atoms with E-state index in [0.717, 1.165) is 11.3 Å². The van der Waals surface area contributed by atoms with E-state index >= 15 is 0 Å². The molecule has 1 aromatic rings. The number of amides is 2. The van der Waals surface area contributed by atoms with Gasteiger partial charge in [0, 0.05) is 25.0 Å². The average molecular weight is 340 g/mol. The zero-order valence-electron chi connectivity index (χ0n) is 14.0. The highest BCUT2D eigenvalue weighted by atomic mass is 32.2. The minimum Gasteiger partial charge on any atom is -0.491 e. The van der Waals surface area contributed by atoms with Gasteiger partial charge < -0.3 is 15.0 Å². The topological polar surface area (TPSA) is 75.7 Å². The fraction of sp³-hybridized carbons (Fsp3) is 0.562. The summed E-state index contributed by atoms with van der Waals surface area (Å²) >= 11 is 0. The Hall–Kier alpha value is -1.76. The standard InChI is InChI=1S/C16H24N2O4S/c1-11(2)22-15-6-5-13(9-12(15)3)17-16(19)18-8-7-14(10-18)23(4,20)21/h5-6,9,11,14H,7-8,10H2,1-4H3,(H,17,19)/t14-/m1/s1. The fourth-order valence-electron chi connectivity index (χ4n) is 2.58. The van der Waals surface area contributed by atoms with Gasteiger partial charge in [-0.3, -0.25) is 0 Å². The number of ether oxygens (including phenoxy) is 1. The number of hydrogen-bond donors (Lipinski definition) is 1. The van der Waals surface area contributed by atoms with Gasteiger partial charge in [-0.1, -0.05) is 0 Å². The molecule has 0 bridgehead atoms. The summed E-state index contributed by atoms with van der Waals surface area (Å²) in [7, 11) is -3.10. The first kappa shape index (κ1) is 17.6. The van der Waals surface area contributed by atoms with Gasteiger partial charge in [0.2, 0.25) is 0 Å². The van der Waals surface area contributed by atoms with Crippen molar-refractivity contribution in [2.24, 2.45) is 0 Å². The van der Waals surface area contributed by atoms with Crippen LogP contribution in [0, 0.1) is 6.92 Å². The molecule has 1 atom stereocenters. The van der Waals surface area contributed by atoms with E-state index in [9.17, 15) is 13.2 Å². The number of nitrogens with zero attached hydrogens (tertiary/aromatic N) is 1. The van der Waals surface area contributed by atoms with Gasteiger partial charge in [0.05, 0.1) is 11.4 Å². The van der Waals surface area contributed by atoms with Crippen molar-refractivity contribution >= 4 is 21.6 Å². The lowest BCUT2D eigenvalue weighted by molar-refractivity contribution is 0.222. The molecule has 0 unspecified atom stereocenters. The number of carbonyl (C=O) groups excluding carboxylic acids is 1. The van der Waals surface area contributed by atoms with Crippen LogP contribution in [0.5, 0.6) is 5.75 Å². The molecule has 128 valence electrons. The minimum absolute atomic E-state index is 0.0895. The summed E-state index contributed by atoms with van der Waals surface area (Å²) in [6.07, 6.45) is 1.80. The van der Waals surface area contributed by atoms with Crippen molar-refractivity contribution in [3.63, 3.8) is 0 Å². The molecule has 0 radical (unpaired) electrons. The first-order valence-corrected chi connectivity index (χ1v) is 9.64. The molecule has 1 saturated heterocycles. The van der Waals surface area contributed by atoms with E-state index in [4.69, 9.17) is 4.74 Å². The van der Waals surface area contributed by atoms with Crippen LogP contribution in [-0.4, -0.2) is 50.0 Å². The summed E-state index contributed by atoms with van der Waals surface area (Å²) in [5.74, 6) is 0.788. The average Bonchev–Trinajstić information content (AvgIpc) is 2.91. The first-order valence-electron chi connectivity index (χ1n) is 7.69. The predicted octanol–water partition coefficient (Wildman–Crippen LogP) is 2.43. The molecule has 1 heterocycles.